The number of carbonyl (C=O) groups excluding carboxylic acids is 2. The van der Waals surface area contributed by atoms with E-state index in [1.54, 1.807) is 4.90 Å². The number of carboxylic acid groups (broad SMARTS) is 1. The molecule has 9 nitrogen and oxygen atoms in total. The van der Waals surface area contributed by atoms with Gasteiger partial charge in [-0.25, -0.2) is 0 Å². The maximum Gasteiger partial charge on any atom is 0.323 e. The van der Waals surface area contributed by atoms with Gasteiger partial charge in [0.2, 0.25) is 0 Å². The number of nitro benzene ring substituents is 1. The molecule has 4 rings (SSSR count). The molecule has 180 valence electrons. The number of ketones is 2. The van der Waals surface area contributed by atoms with E-state index in [0.29, 0.717) is 40.9 Å². The van der Waals surface area contributed by atoms with Gasteiger partial charge in [-0.15, -0.1) is 0 Å². The number of phenols is 1. The van der Waals surface area contributed by atoms with Crippen LogP contribution in [0.15, 0.2) is 40.7 Å². The minimum absolute atomic E-state index is 0.202. The fourth-order valence-corrected chi connectivity index (χ4v) is 5.57. The Labute approximate surface area is 196 Å². The predicted molar refractivity (Wildman–Crippen MR) is 122 cm³/mol. The lowest BCUT2D eigenvalue weighted by Gasteiger charge is -2.48. The summed E-state index contributed by atoms with van der Waals surface area (Å²) in [6, 6.07) is 3.91. The van der Waals surface area contributed by atoms with E-state index in [0.717, 1.165) is 0 Å². The van der Waals surface area contributed by atoms with Crippen molar-refractivity contribution in [1.29, 1.82) is 0 Å². The first kappa shape index (κ1) is 23.7. The molecule has 2 aliphatic carbocycles. The summed E-state index contributed by atoms with van der Waals surface area (Å²) in [6.07, 6.45) is 1.30. The van der Waals surface area contributed by atoms with Crippen molar-refractivity contribution >= 4 is 23.2 Å². The smallest absolute Gasteiger partial charge is 0.323 e. The van der Waals surface area contributed by atoms with Crippen LogP contribution in [0.3, 0.4) is 0 Å². The van der Waals surface area contributed by atoms with Crippen LogP contribution >= 0.6 is 0 Å². The molecule has 3 aliphatic rings. The Balaban J connectivity index is 2.03. The van der Waals surface area contributed by atoms with Gasteiger partial charge >= 0.3 is 11.7 Å². The molecule has 0 bridgehead atoms. The number of carbonyl (C=O) groups is 3. The van der Waals surface area contributed by atoms with Crippen molar-refractivity contribution in [1.82, 2.24) is 4.90 Å². The molecule has 0 saturated heterocycles. The monoisotopic (exact) mass is 468 g/mol. The van der Waals surface area contributed by atoms with Crippen LogP contribution in [-0.2, 0) is 14.4 Å². The van der Waals surface area contributed by atoms with E-state index in [9.17, 15) is 34.7 Å². The van der Waals surface area contributed by atoms with Crippen molar-refractivity contribution in [2.24, 2.45) is 10.8 Å². The summed E-state index contributed by atoms with van der Waals surface area (Å²) in [6.45, 7) is 7.37. The van der Waals surface area contributed by atoms with Crippen LogP contribution in [-0.4, -0.2) is 44.1 Å². The molecular weight excluding hydrogens is 440 g/mol. The van der Waals surface area contributed by atoms with Crippen molar-refractivity contribution in [3.63, 3.8) is 0 Å². The molecule has 34 heavy (non-hydrogen) atoms. The number of benzene rings is 1. The summed E-state index contributed by atoms with van der Waals surface area (Å²) in [4.78, 5) is 51.3. The molecule has 0 unspecified atom stereocenters. The Morgan fingerprint density at radius 2 is 1.53 bits per heavy atom. The average Bonchev–Trinajstić information content (AvgIpc) is 2.67. The van der Waals surface area contributed by atoms with Crippen LogP contribution in [0.4, 0.5) is 5.69 Å². The van der Waals surface area contributed by atoms with Crippen molar-refractivity contribution in [2.45, 2.75) is 59.3 Å². The number of aliphatic carboxylic acids is 1. The molecule has 1 aliphatic heterocycles. The second-order valence-electron chi connectivity index (χ2n) is 11.0. The first-order valence-electron chi connectivity index (χ1n) is 11.2. The fraction of sp³-hybridized carbons (Fsp3) is 0.480. The van der Waals surface area contributed by atoms with Gasteiger partial charge in [0.05, 0.1) is 4.92 Å². The van der Waals surface area contributed by atoms with Gasteiger partial charge in [0.25, 0.3) is 0 Å². The Kier molecular flexibility index (Phi) is 5.42. The number of hydrogen-bond acceptors (Lipinski definition) is 7. The van der Waals surface area contributed by atoms with Crippen LogP contribution in [0.5, 0.6) is 5.75 Å². The van der Waals surface area contributed by atoms with E-state index in [-0.39, 0.29) is 31.0 Å². The summed E-state index contributed by atoms with van der Waals surface area (Å²) < 4.78 is 0. The number of hydrogen-bond donors (Lipinski definition) is 2. The van der Waals surface area contributed by atoms with E-state index >= 15 is 0 Å². The number of allylic oxidation sites excluding steroid dienone is 4. The maximum absolute atomic E-state index is 13.5. The number of Topliss-reactive ketones (excluding diaryl/α,β-unsaturated/α-hetero) is 2. The molecular formula is C25H28N2O7. The summed E-state index contributed by atoms with van der Waals surface area (Å²) in [7, 11) is 0. The van der Waals surface area contributed by atoms with E-state index < -0.39 is 39.1 Å². The number of aromatic hydroxyl groups is 1. The molecule has 0 fully saturated rings. The number of nitrogens with zero attached hydrogens (tertiary/aromatic N) is 2. The zero-order chi connectivity index (χ0) is 25.2. The van der Waals surface area contributed by atoms with E-state index in [4.69, 9.17) is 0 Å². The third-order valence-electron chi connectivity index (χ3n) is 6.84. The molecule has 2 N–H and O–H groups in total. The minimum atomic E-state index is -1.08. The molecule has 0 spiro atoms. The summed E-state index contributed by atoms with van der Waals surface area (Å²) in [5.74, 6) is -2.84. The number of phenolic OH excluding ortho intramolecular Hbond substituents is 1. The normalized spacial score (nSPS) is 21.9. The van der Waals surface area contributed by atoms with Gasteiger partial charge in [-0.1, -0.05) is 33.8 Å². The summed E-state index contributed by atoms with van der Waals surface area (Å²) in [5.41, 5.74) is 0.805. The van der Waals surface area contributed by atoms with E-state index in [1.165, 1.54) is 18.2 Å². The van der Waals surface area contributed by atoms with Crippen molar-refractivity contribution in [3.8, 4) is 5.75 Å². The number of carboxylic acids is 1. The quantitative estimate of drug-likeness (QED) is 0.498. The minimum Gasteiger partial charge on any atom is -0.502 e. The molecule has 0 saturated carbocycles. The molecule has 1 heterocycles. The van der Waals surface area contributed by atoms with Crippen LogP contribution in [0.25, 0.3) is 0 Å². The second-order valence-corrected chi connectivity index (χ2v) is 11.0. The molecule has 9 heteroatoms. The van der Waals surface area contributed by atoms with Gasteiger partial charge in [-0.3, -0.25) is 24.5 Å². The highest BCUT2D eigenvalue weighted by Crippen LogP contribution is 2.54. The van der Waals surface area contributed by atoms with Crippen molar-refractivity contribution in [2.75, 3.05) is 6.54 Å². The first-order valence-corrected chi connectivity index (χ1v) is 11.2. The highest BCUT2D eigenvalue weighted by atomic mass is 16.6. The third kappa shape index (κ3) is 3.99. The first-order chi connectivity index (χ1) is 15.7. The molecule has 1 aromatic carbocycles. The van der Waals surface area contributed by atoms with E-state index in [1.807, 2.05) is 27.7 Å². The standard InChI is InChI=1S/C25H28N2O7/c1-24(2)8-15-22(18(29)10-24)21(13-5-6-17(28)14(7-13)27(33)34)23-16(26(15)12-20(31)32)9-25(3,4)11-19(23)30/h5-7,21,28H,8-12H2,1-4H3,(H,31,32). The van der Waals surface area contributed by atoms with Gasteiger partial charge in [-0.05, 0) is 35.3 Å². The fourth-order valence-electron chi connectivity index (χ4n) is 5.57. The SMILES string of the molecule is CC1(C)CC(=O)C2=C(C1)N(CC(=O)O)C1=C(C(=O)CC(C)(C)C1)C2c1ccc(O)c([N+](=O)[O-])c1. The zero-order valence-corrected chi connectivity index (χ0v) is 19.7. The van der Waals surface area contributed by atoms with E-state index in [2.05, 4.69) is 0 Å². The number of rotatable bonds is 4. The Morgan fingerprint density at radius 3 is 1.97 bits per heavy atom. The molecule has 1 aromatic rings. The molecule has 0 radical (unpaired) electrons. The summed E-state index contributed by atoms with van der Waals surface area (Å²) in [5, 5.41) is 31.2. The van der Waals surface area contributed by atoms with Gasteiger partial charge in [0, 0.05) is 47.4 Å². The molecule has 0 amide bonds. The number of nitro groups is 1. The third-order valence-corrected chi connectivity index (χ3v) is 6.84. The predicted octanol–water partition coefficient (Wildman–Crippen LogP) is 4.07. The van der Waals surface area contributed by atoms with Crippen LogP contribution in [0, 0.1) is 20.9 Å². The van der Waals surface area contributed by atoms with Crippen LogP contribution in [0.1, 0.15) is 64.9 Å². The lowest BCUT2D eigenvalue weighted by molar-refractivity contribution is -0.385. The van der Waals surface area contributed by atoms with Gasteiger partial charge in [0.1, 0.15) is 6.54 Å². The van der Waals surface area contributed by atoms with Gasteiger partial charge in [-0.2, -0.15) is 0 Å². The van der Waals surface area contributed by atoms with Gasteiger partial charge < -0.3 is 15.1 Å². The topological polar surface area (TPSA) is 138 Å². The Hall–Kier alpha value is -3.49. The molecule has 0 atom stereocenters. The lowest BCUT2D eigenvalue weighted by Crippen LogP contribution is -2.45. The van der Waals surface area contributed by atoms with Crippen LogP contribution < -0.4 is 0 Å². The molecule has 0 aromatic heterocycles. The zero-order valence-electron chi connectivity index (χ0n) is 19.7. The highest BCUT2D eigenvalue weighted by molar-refractivity contribution is 6.07. The Bertz CT molecular complexity index is 1150. The Morgan fingerprint density at radius 1 is 1.03 bits per heavy atom. The van der Waals surface area contributed by atoms with Crippen LogP contribution in [0.2, 0.25) is 0 Å². The summed E-state index contributed by atoms with van der Waals surface area (Å²) >= 11 is 0. The largest absolute Gasteiger partial charge is 0.502 e. The highest BCUT2D eigenvalue weighted by Gasteiger charge is 2.49. The average molecular weight is 469 g/mol. The van der Waals surface area contributed by atoms with Gasteiger partial charge in [0.15, 0.2) is 17.3 Å². The maximum atomic E-state index is 13.5. The van der Waals surface area contributed by atoms with Crippen molar-refractivity contribution < 1.29 is 29.5 Å². The van der Waals surface area contributed by atoms with Crippen molar-refractivity contribution in [3.05, 3.63) is 56.4 Å². The second kappa shape index (κ2) is 7.78. The lowest BCUT2D eigenvalue weighted by atomic mass is 9.63.